The summed E-state index contributed by atoms with van der Waals surface area (Å²) in [5.74, 6) is -0.188. The van der Waals surface area contributed by atoms with Gasteiger partial charge in [0.15, 0.2) is 0 Å². The lowest BCUT2D eigenvalue weighted by molar-refractivity contribution is 0.600. The first-order chi connectivity index (χ1) is 11.9. The maximum Gasteiger partial charge on any atom is 0.296 e. The van der Waals surface area contributed by atoms with Gasteiger partial charge in [-0.05, 0) is 24.6 Å². The van der Waals surface area contributed by atoms with E-state index in [9.17, 15) is 13.2 Å². The molecule has 0 fully saturated rings. The van der Waals surface area contributed by atoms with Crippen molar-refractivity contribution in [1.82, 2.24) is 9.36 Å². The van der Waals surface area contributed by atoms with E-state index in [2.05, 4.69) is 4.72 Å². The number of anilines is 1. The minimum atomic E-state index is -3.69. The van der Waals surface area contributed by atoms with E-state index in [1.54, 1.807) is 55.1 Å². The third-order valence-electron chi connectivity index (χ3n) is 4.01. The summed E-state index contributed by atoms with van der Waals surface area (Å²) in [5.41, 5.74) is 1.55. The molecule has 1 N–H and O–H groups in total. The monoisotopic (exact) mass is 357 g/mol. The summed E-state index contributed by atoms with van der Waals surface area (Å²) in [6.07, 6.45) is 0. The van der Waals surface area contributed by atoms with Crippen LogP contribution in [-0.4, -0.2) is 17.8 Å². The fraction of sp³-hybridized carbons (Fsp3) is 0.167. The van der Waals surface area contributed by atoms with E-state index in [-0.39, 0.29) is 11.4 Å². The largest absolute Gasteiger partial charge is 0.296 e. The number of rotatable bonds is 5. The molecule has 3 aromatic rings. The van der Waals surface area contributed by atoms with Gasteiger partial charge in [-0.1, -0.05) is 48.5 Å². The van der Waals surface area contributed by atoms with Crippen molar-refractivity contribution in [3.05, 3.63) is 82.3 Å². The Morgan fingerprint density at radius 3 is 2.12 bits per heavy atom. The molecule has 0 saturated carbocycles. The Bertz CT molecular complexity index is 1040. The summed E-state index contributed by atoms with van der Waals surface area (Å²) >= 11 is 0. The minimum Gasteiger partial charge on any atom is -0.283 e. The Hall–Kier alpha value is -2.80. The first-order valence-electron chi connectivity index (χ1n) is 7.77. The summed E-state index contributed by atoms with van der Waals surface area (Å²) in [6, 6.07) is 17.9. The number of nitrogens with zero attached hydrogens (tertiary/aromatic N) is 2. The summed E-state index contributed by atoms with van der Waals surface area (Å²) in [7, 11) is -1.97. The molecule has 0 saturated heterocycles. The van der Waals surface area contributed by atoms with Crippen LogP contribution in [-0.2, 0) is 22.8 Å². The van der Waals surface area contributed by atoms with Crippen molar-refractivity contribution in [2.24, 2.45) is 7.05 Å². The SMILES string of the molecule is Cc1c(NS(=O)(=O)Cc2ccccc2)c(=O)n(-c2ccccc2)n1C. The zero-order valence-corrected chi connectivity index (χ0v) is 14.8. The molecule has 0 aliphatic rings. The maximum absolute atomic E-state index is 12.8. The van der Waals surface area contributed by atoms with E-state index in [4.69, 9.17) is 0 Å². The van der Waals surface area contributed by atoms with Gasteiger partial charge in [0.25, 0.3) is 5.56 Å². The summed E-state index contributed by atoms with van der Waals surface area (Å²) in [5, 5.41) is 0. The van der Waals surface area contributed by atoms with Gasteiger partial charge >= 0.3 is 0 Å². The lowest BCUT2D eigenvalue weighted by atomic mass is 10.2. The van der Waals surface area contributed by atoms with Crippen molar-refractivity contribution >= 4 is 15.7 Å². The molecular formula is C18H19N3O3S. The van der Waals surface area contributed by atoms with E-state index >= 15 is 0 Å². The van der Waals surface area contributed by atoms with Crippen LogP contribution in [0.4, 0.5) is 5.69 Å². The summed E-state index contributed by atoms with van der Waals surface area (Å²) < 4.78 is 30.5. The van der Waals surface area contributed by atoms with Crippen LogP contribution in [0.25, 0.3) is 5.69 Å². The molecule has 130 valence electrons. The highest BCUT2D eigenvalue weighted by Crippen LogP contribution is 2.16. The Morgan fingerprint density at radius 1 is 0.960 bits per heavy atom. The Morgan fingerprint density at radius 2 is 1.52 bits per heavy atom. The smallest absolute Gasteiger partial charge is 0.283 e. The lowest BCUT2D eigenvalue weighted by Gasteiger charge is -2.07. The van der Waals surface area contributed by atoms with Crippen molar-refractivity contribution in [2.75, 3.05) is 4.72 Å². The fourth-order valence-corrected chi connectivity index (χ4v) is 3.92. The second kappa shape index (κ2) is 6.60. The van der Waals surface area contributed by atoms with E-state index in [1.807, 2.05) is 24.3 Å². The van der Waals surface area contributed by atoms with Gasteiger partial charge in [-0.3, -0.25) is 14.2 Å². The van der Waals surface area contributed by atoms with E-state index in [0.717, 1.165) is 0 Å². The first kappa shape index (κ1) is 17.0. The van der Waals surface area contributed by atoms with Crippen LogP contribution in [0, 0.1) is 6.92 Å². The standard InChI is InChI=1S/C18H19N3O3S/c1-14-17(19-25(23,24)13-15-9-5-3-6-10-15)18(22)21(20(14)2)16-11-7-4-8-12-16/h3-12,19H,13H2,1-2H3. The third kappa shape index (κ3) is 3.51. The molecule has 0 unspecified atom stereocenters. The summed E-state index contributed by atoms with van der Waals surface area (Å²) in [4.78, 5) is 12.8. The van der Waals surface area contributed by atoms with Crippen LogP contribution < -0.4 is 10.3 Å². The highest BCUT2D eigenvalue weighted by atomic mass is 32.2. The van der Waals surface area contributed by atoms with E-state index < -0.39 is 15.6 Å². The Kier molecular flexibility index (Phi) is 4.50. The highest BCUT2D eigenvalue weighted by Gasteiger charge is 2.21. The van der Waals surface area contributed by atoms with Gasteiger partial charge in [-0.15, -0.1) is 0 Å². The number of para-hydroxylation sites is 1. The van der Waals surface area contributed by atoms with Crippen LogP contribution in [0.5, 0.6) is 0 Å². The fourth-order valence-electron chi connectivity index (χ4n) is 2.67. The molecule has 1 heterocycles. The van der Waals surface area contributed by atoms with Crippen molar-refractivity contribution in [1.29, 1.82) is 0 Å². The van der Waals surface area contributed by atoms with Gasteiger partial charge in [0.05, 0.1) is 17.1 Å². The zero-order chi connectivity index (χ0) is 18.0. The van der Waals surface area contributed by atoms with Gasteiger partial charge < -0.3 is 0 Å². The topological polar surface area (TPSA) is 73.1 Å². The molecule has 25 heavy (non-hydrogen) atoms. The number of hydrogen-bond acceptors (Lipinski definition) is 3. The molecule has 0 atom stereocenters. The Labute approximate surface area is 146 Å². The molecule has 0 amide bonds. The van der Waals surface area contributed by atoms with Gasteiger partial charge in [-0.25, -0.2) is 13.1 Å². The quantitative estimate of drug-likeness (QED) is 0.762. The molecule has 7 heteroatoms. The molecule has 1 aromatic heterocycles. The summed E-state index contributed by atoms with van der Waals surface area (Å²) in [6.45, 7) is 1.71. The number of benzene rings is 2. The third-order valence-corrected chi connectivity index (χ3v) is 5.24. The molecule has 0 bridgehead atoms. The molecule has 0 radical (unpaired) electrons. The first-order valence-corrected chi connectivity index (χ1v) is 9.43. The molecule has 0 aliphatic heterocycles. The maximum atomic E-state index is 12.8. The molecule has 6 nitrogen and oxygen atoms in total. The average molecular weight is 357 g/mol. The van der Waals surface area contributed by atoms with Crippen molar-refractivity contribution < 1.29 is 8.42 Å². The Balaban J connectivity index is 1.98. The van der Waals surface area contributed by atoms with Gasteiger partial charge in [0.1, 0.15) is 5.69 Å². The molecule has 2 aromatic carbocycles. The van der Waals surface area contributed by atoms with Crippen LogP contribution in [0.2, 0.25) is 0 Å². The van der Waals surface area contributed by atoms with Gasteiger partial charge in [0.2, 0.25) is 10.0 Å². The molecule has 0 aliphatic carbocycles. The van der Waals surface area contributed by atoms with Crippen LogP contribution >= 0.6 is 0 Å². The van der Waals surface area contributed by atoms with Crippen molar-refractivity contribution in [3.63, 3.8) is 0 Å². The number of hydrogen-bond donors (Lipinski definition) is 1. The molecule has 0 spiro atoms. The zero-order valence-electron chi connectivity index (χ0n) is 14.0. The van der Waals surface area contributed by atoms with Crippen molar-refractivity contribution in [3.8, 4) is 5.69 Å². The van der Waals surface area contributed by atoms with Gasteiger partial charge in [0, 0.05) is 7.05 Å². The predicted molar refractivity (Wildman–Crippen MR) is 98.4 cm³/mol. The molecule has 3 rings (SSSR count). The normalized spacial score (nSPS) is 11.4. The lowest BCUT2D eigenvalue weighted by Crippen LogP contribution is -2.23. The van der Waals surface area contributed by atoms with Crippen molar-refractivity contribution in [2.45, 2.75) is 12.7 Å². The van der Waals surface area contributed by atoms with Crippen LogP contribution in [0.15, 0.2) is 65.5 Å². The van der Waals surface area contributed by atoms with Gasteiger partial charge in [-0.2, -0.15) is 0 Å². The average Bonchev–Trinajstić information content (AvgIpc) is 2.79. The molecular weight excluding hydrogens is 338 g/mol. The predicted octanol–water partition coefficient (Wildman–Crippen LogP) is 2.43. The second-order valence-electron chi connectivity index (χ2n) is 5.78. The van der Waals surface area contributed by atoms with E-state index in [0.29, 0.717) is 16.9 Å². The number of sulfonamides is 1. The van der Waals surface area contributed by atoms with Crippen LogP contribution in [0.3, 0.4) is 0 Å². The van der Waals surface area contributed by atoms with Crippen LogP contribution in [0.1, 0.15) is 11.3 Å². The minimum absolute atomic E-state index is 0.0716. The van der Waals surface area contributed by atoms with E-state index in [1.165, 1.54) is 4.68 Å². The highest BCUT2D eigenvalue weighted by molar-refractivity contribution is 7.91. The second-order valence-corrected chi connectivity index (χ2v) is 7.51. The number of nitrogens with one attached hydrogen (secondary N) is 1. The number of aromatic nitrogens is 2.